The molecule has 0 spiro atoms. The van der Waals surface area contributed by atoms with E-state index < -0.39 is 15.8 Å². The molecule has 1 fully saturated rings. The van der Waals surface area contributed by atoms with Gasteiger partial charge >= 0.3 is 0 Å². The van der Waals surface area contributed by atoms with Gasteiger partial charge in [0.1, 0.15) is 5.75 Å². The molecule has 1 amide bonds. The van der Waals surface area contributed by atoms with E-state index in [-0.39, 0.29) is 11.9 Å². The molecule has 1 saturated heterocycles. The Balaban J connectivity index is 1.87. The van der Waals surface area contributed by atoms with Gasteiger partial charge in [0.2, 0.25) is 15.9 Å². The van der Waals surface area contributed by atoms with Gasteiger partial charge in [-0.2, -0.15) is 0 Å². The molecular formula is C9H15N5O3S. The standard InChI is InChI=1S/C9H15N5O3S/c1-12(2)18(16,17)7-9(15)13-5-8(6-13)14-4-3-10-11-14/h3-4,8H,5-7H2,1-2H3. The lowest BCUT2D eigenvalue weighted by atomic mass is 10.1. The lowest BCUT2D eigenvalue weighted by Gasteiger charge is -2.38. The molecule has 0 aliphatic carbocycles. The Morgan fingerprint density at radius 1 is 1.44 bits per heavy atom. The molecule has 0 unspecified atom stereocenters. The van der Waals surface area contributed by atoms with E-state index in [0.717, 1.165) is 4.31 Å². The summed E-state index contributed by atoms with van der Waals surface area (Å²) in [6.07, 6.45) is 3.30. The highest BCUT2D eigenvalue weighted by molar-refractivity contribution is 7.89. The van der Waals surface area contributed by atoms with E-state index in [4.69, 9.17) is 0 Å². The maximum Gasteiger partial charge on any atom is 0.239 e. The fourth-order valence-electron chi connectivity index (χ4n) is 1.61. The van der Waals surface area contributed by atoms with Crippen LogP contribution in [0.2, 0.25) is 0 Å². The number of carbonyl (C=O) groups excluding carboxylic acids is 1. The van der Waals surface area contributed by atoms with E-state index >= 15 is 0 Å². The molecule has 1 aromatic rings. The molecule has 18 heavy (non-hydrogen) atoms. The molecule has 100 valence electrons. The van der Waals surface area contributed by atoms with E-state index in [1.165, 1.54) is 19.0 Å². The number of sulfonamides is 1. The Morgan fingerprint density at radius 3 is 2.61 bits per heavy atom. The highest BCUT2D eigenvalue weighted by Crippen LogP contribution is 2.20. The van der Waals surface area contributed by atoms with Crippen LogP contribution in [0.3, 0.4) is 0 Å². The Hall–Kier alpha value is -1.48. The summed E-state index contributed by atoms with van der Waals surface area (Å²) in [5.41, 5.74) is 0. The number of hydrogen-bond acceptors (Lipinski definition) is 5. The van der Waals surface area contributed by atoms with Crippen LogP contribution in [0, 0.1) is 0 Å². The van der Waals surface area contributed by atoms with Crippen molar-refractivity contribution in [3.63, 3.8) is 0 Å². The normalized spacial score (nSPS) is 16.9. The summed E-state index contributed by atoms with van der Waals surface area (Å²) < 4.78 is 25.8. The number of aromatic nitrogens is 3. The molecule has 2 heterocycles. The summed E-state index contributed by atoms with van der Waals surface area (Å²) in [6, 6.07) is 0.0958. The van der Waals surface area contributed by atoms with E-state index in [1.54, 1.807) is 17.1 Å². The van der Waals surface area contributed by atoms with Crippen molar-refractivity contribution in [3.05, 3.63) is 12.4 Å². The largest absolute Gasteiger partial charge is 0.337 e. The minimum atomic E-state index is -3.48. The lowest BCUT2D eigenvalue weighted by Crippen LogP contribution is -2.53. The van der Waals surface area contributed by atoms with Crippen molar-refractivity contribution in [1.29, 1.82) is 0 Å². The van der Waals surface area contributed by atoms with Crippen molar-refractivity contribution in [1.82, 2.24) is 24.2 Å². The first-order chi connectivity index (χ1) is 8.40. The number of nitrogens with zero attached hydrogens (tertiary/aromatic N) is 5. The van der Waals surface area contributed by atoms with Gasteiger partial charge in [-0.05, 0) is 0 Å². The first-order valence-electron chi connectivity index (χ1n) is 5.44. The number of hydrogen-bond donors (Lipinski definition) is 0. The van der Waals surface area contributed by atoms with Crippen LogP contribution in [-0.4, -0.2) is 71.5 Å². The fraction of sp³-hybridized carbons (Fsp3) is 0.667. The highest BCUT2D eigenvalue weighted by Gasteiger charge is 2.34. The summed E-state index contributed by atoms with van der Waals surface area (Å²) >= 11 is 0. The van der Waals surface area contributed by atoms with Gasteiger partial charge in [-0.1, -0.05) is 5.21 Å². The molecule has 9 heteroatoms. The van der Waals surface area contributed by atoms with Crippen LogP contribution in [0.1, 0.15) is 6.04 Å². The monoisotopic (exact) mass is 273 g/mol. The van der Waals surface area contributed by atoms with Crippen molar-refractivity contribution >= 4 is 15.9 Å². The fourth-order valence-corrected chi connectivity index (χ4v) is 2.37. The zero-order valence-corrected chi connectivity index (χ0v) is 11.0. The smallest absolute Gasteiger partial charge is 0.239 e. The third-order valence-electron chi connectivity index (χ3n) is 2.89. The van der Waals surface area contributed by atoms with Crippen LogP contribution < -0.4 is 0 Å². The van der Waals surface area contributed by atoms with E-state index in [1.807, 2.05) is 0 Å². The summed E-state index contributed by atoms with van der Waals surface area (Å²) in [5, 5.41) is 7.52. The quantitative estimate of drug-likeness (QED) is 0.670. The molecule has 1 aliphatic rings. The summed E-state index contributed by atoms with van der Waals surface area (Å²) in [6.45, 7) is 0.955. The second-order valence-electron chi connectivity index (χ2n) is 4.37. The Bertz CT molecular complexity index is 518. The van der Waals surface area contributed by atoms with Gasteiger partial charge in [-0.25, -0.2) is 17.4 Å². The molecule has 1 aromatic heterocycles. The maximum atomic E-state index is 11.7. The average molecular weight is 273 g/mol. The Morgan fingerprint density at radius 2 is 2.11 bits per heavy atom. The van der Waals surface area contributed by atoms with E-state index in [9.17, 15) is 13.2 Å². The topological polar surface area (TPSA) is 88.4 Å². The van der Waals surface area contributed by atoms with Crippen molar-refractivity contribution in [3.8, 4) is 0 Å². The van der Waals surface area contributed by atoms with Gasteiger partial charge in [0.25, 0.3) is 0 Å². The van der Waals surface area contributed by atoms with Crippen LogP contribution >= 0.6 is 0 Å². The zero-order valence-electron chi connectivity index (χ0n) is 10.2. The van der Waals surface area contributed by atoms with Gasteiger partial charge in [0.05, 0.1) is 12.2 Å². The number of amides is 1. The predicted molar refractivity (Wildman–Crippen MR) is 63.1 cm³/mol. The van der Waals surface area contributed by atoms with Gasteiger partial charge in [0.15, 0.2) is 0 Å². The highest BCUT2D eigenvalue weighted by atomic mass is 32.2. The second-order valence-corrected chi connectivity index (χ2v) is 6.56. The SMILES string of the molecule is CN(C)S(=O)(=O)CC(=O)N1CC(n2ccnn2)C1. The first kappa shape index (κ1) is 13.0. The minimum absolute atomic E-state index is 0.0958. The van der Waals surface area contributed by atoms with Gasteiger partial charge in [-0.3, -0.25) is 4.79 Å². The lowest BCUT2D eigenvalue weighted by molar-refractivity contribution is -0.134. The van der Waals surface area contributed by atoms with Crippen molar-refractivity contribution in [2.24, 2.45) is 0 Å². The average Bonchev–Trinajstić information content (AvgIpc) is 2.67. The predicted octanol–water partition coefficient (Wildman–Crippen LogP) is -1.45. The summed E-state index contributed by atoms with van der Waals surface area (Å²) in [5.74, 6) is -0.857. The van der Waals surface area contributed by atoms with Crippen molar-refractivity contribution < 1.29 is 13.2 Å². The number of carbonyl (C=O) groups is 1. The third kappa shape index (κ3) is 2.51. The maximum absolute atomic E-state index is 11.7. The molecule has 0 saturated carbocycles. The molecule has 0 N–H and O–H groups in total. The summed E-state index contributed by atoms with van der Waals surface area (Å²) in [7, 11) is -0.655. The molecule has 0 radical (unpaired) electrons. The van der Waals surface area contributed by atoms with Crippen LogP contribution in [-0.2, 0) is 14.8 Å². The van der Waals surface area contributed by atoms with Crippen LogP contribution in [0.5, 0.6) is 0 Å². The van der Waals surface area contributed by atoms with E-state index in [0.29, 0.717) is 13.1 Å². The second kappa shape index (κ2) is 4.65. The van der Waals surface area contributed by atoms with Crippen LogP contribution in [0.15, 0.2) is 12.4 Å². The molecular weight excluding hydrogens is 258 g/mol. The minimum Gasteiger partial charge on any atom is -0.337 e. The van der Waals surface area contributed by atoms with Crippen LogP contribution in [0.4, 0.5) is 0 Å². The number of likely N-dealkylation sites (tertiary alicyclic amines) is 1. The number of rotatable bonds is 4. The van der Waals surface area contributed by atoms with Gasteiger partial charge in [-0.15, -0.1) is 5.10 Å². The summed E-state index contributed by atoms with van der Waals surface area (Å²) in [4.78, 5) is 13.2. The van der Waals surface area contributed by atoms with E-state index in [2.05, 4.69) is 10.3 Å². The Labute approximate surface area is 105 Å². The van der Waals surface area contributed by atoms with Gasteiger partial charge < -0.3 is 4.90 Å². The molecule has 8 nitrogen and oxygen atoms in total. The van der Waals surface area contributed by atoms with Gasteiger partial charge in [0, 0.05) is 33.4 Å². The molecule has 0 bridgehead atoms. The van der Waals surface area contributed by atoms with Crippen molar-refractivity contribution in [2.45, 2.75) is 6.04 Å². The first-order valence-corrected chi connectivity index (χ1v) is 7.05. The molecule has 0 aromatic carbocycles. The molecule has 1 aliphatic heterocycles. The molecule has 2 rings (SSSR count). The van der Waals surface area contributed by atoms with Crippen LogP contribution in [0.25, 0.3) is 0 Å². The zero-order chi connectivity index (χ0) is 13.3. The van der Waals surface area contributed by atoms with Crippen molar-refractivity contribution in [2.75, 3.05) is 32.9 Å². The third-order valence-corrected chi connectivity index (χ3v) is 4.62. The molecule has 0 atom stereocenters. The Kier molecular flexibility index (Phi) is 3.35.